The minimum Gasteiger partial charge on any atom is -0.437 e. The van der Waals surface area contributed by atoms with Crippen LogP contribution in [0.25, 0.3) is 0 Å². The van der Waals surface area contributed by atoms with Gasteiger partial charge in [0.05, 0.1) is 13.2 Å². The van der Waals surface area contributed by atoms with Crippen LogP contribution in [0.2, 0.25) is 0 Å². The molecule has 1 aromatic carbocycles. The first-order valence-electron chi connectivity index (χ1n) is 6.83. The van der Waals surface area contributed by atoms with Gasteiger partial charge in [0.25, 0.3) is 0 Å². The van der Waals surface area contributed by atoms with Gasteiger partial charge >= 0.3 is 0 Å². The van der Waals surface area contributed by atoms with Crippen LogP contribution in [0, 0.1) is 0 Å². The average molecular weight is 302 g/mol. The molecule has 0 fully saturated rings. The third kappa shape index (κ3) is 5.47. The van der Waals surface area contributed by atoms with E-state index in [1.807, 2.05) is 0 Å². The van der Waals surface area contributed by atoms with E-state index in [4.69, 9.17) is 9.47 Å². The standard InChI is InChI=1S/C15H18N4O3/c1-21-9-8-16-11-14(20)18-12-4-2-5-13(10-12)22-15-6-3-7-17-19-15/h2-7,10,16H,8-9,11H2,1H3,(H,18,20). The number of hydrogen-bond donors (Lipinski definition) is 2. The summed E-state index contributed by atoms with van der Waals surface area (Å²) < 4.78 is 10.4. The first-order chi connectivity index (χ1) is 10.8. The third-order valence-electron chi connectivity index (χ3n) is 2.66. The highest BCUT2D eigenvalue weighted by atomic mass is 16.5. The molecular weight excluding hydrogens is 284 g/mol. The Morgan fingerprint density at radius 2 is 2.18 bits per heavy atom. The fraction of sp³-hybridized carbons (Fsp3) is 0.267. The van der Waals surface area contributed by atoms with Crippen LogP contribution in [-0.2, 0) is 9.53 Å². The smallest absolute Gasteiger partial charge is 0.238 e. The highest BCUT2D eigenvalue weighted by molar-refractivity contribution is 5.92. The molecule has 0 saturated heterocycles. The molecule has 0 atom stereocenters. The molecule has 7 heteroatoms. The van der Waals surface area contributed by atoms with Crippen LogP contribution in [0.15, 0.2) is 42.6 Å². The molecule has 0 aliphatic rings. The molecule has 22 heavy (non-hydrogen) atoms. The van der Waals surface area contributed by atoms with E-state index < -0.39 is 0 Å². The summed E-state index contributed by atoms with van der Waals surface area (Å²) in [6.45, 7) is 1.41. The highest BCUT2D eigenvalue weighted by Gasteiger charge is 2.04. The summed E-state index contributed by atoms with van der Waals surface area (Å²) in [5.41, 5.74) is 0.653. The van der Waals surface area contributed by atoms with Crippen molar-refractivity contribution in [3.63, 3.8) is 0 Å². The highest BCUT2D eigenvalue weighted by Crippen LogP contribution is 2.21. The fourth-order valence-corrected chi connectivity index (χ4v) is 1.68. The number of carbonyl (C=O) groups excluding carboxylic acids is 1. The maximum absolute atomic E-state index is 11.8. The molecule has 0 bridgehead atoms. The Labute approximate surface area is 128 Å². The number of aromatic nitrogens is 2. The summed E-state index contributed by atoms with van der Waals surface area (Å²) in [6, 6.07) is 10.5. The zero-order chi connectivity index (χ0) is 15.6. The van der Waals surface area contributed by atoms with Gasteiger partial charge in [-0.2, -0.15) is 5.10 Å². The number of methoxy groups -OCH3 is 1. The van der Waals surface area contributed by atoms with Crippen LogP contribution in [0.4, 0.5) is 5.69 Å². The Kier molecular flexibility index (Phi) is 6.28. The van der Waals surface area contributed by atoms with E-state index in [0.717, 1.165) is 0 Å². The Balaban J connectivity index is 1.87. The van der Waals surface area contributed by atoms with Crippen molar-refractivity contribution in [2.24, 2.45) is 0 Å². The van der Waals surface area contributed by atoms with Crippen molar-refractivity contribution in [3.8, 4) is 11.6 Å². The SMILES string of the molecule is COCCNCC(=O)Nc1cccc(Oc2cccnn2)c1. The number of nitrogens with zero attached hydrogens (tertiary/aromatic N) is 2. The van der Waals surface area contributed by atoms with Crippen molar-refractivity contribution in [2.45, 2.75) is 0 Å². The summed E-state index contributed by atoms with van der Waals surface area (Å²) in [6.07, 6.45) is 1.57. The number of rotatable bonds is 8. The normalized spacial score (nSPS) is 10.2. The van der Waals surface area contributed by atoms with E-state index in [1.165, 1.54) is 0 Å². The monoisotopic (exact) mass is 302 g/mol. The van der Waals surface area contributed by atoms with Crippen LogP contribution in [0.1, 0.15) is 0 Å². The van der Waals surface area contributed by atoms with Gasteiger partial charge in [0.15, 0.2) is 0 Å². The summed E-state index contributed by atoms with van der Waals surface area (Å²) in [5.74, 6) is 0.839. The number of carbonyl (C=O) groups is 1. The van der Waals surface area contributed by atoms with E-state index in [1.54, 1.807) is 49.7 Å². The first-order valence-corrected chi connectivity index (χ1v) is 6.83. The lowest BCUT2D eigenvalue weighted by Crippen LogP contribution is -2.30. The van der Waals surface area contributed by atoms with Crippen molar-refractivity contribution in [1.29, 1.82) is 0 Å². The van der Waals surface area contributed by atoms with E-state index in [2.05, 4.69) is 20.8 Å². The van der Waals surface area contributed by atoms with E-state index in [9.17, 15) is 4.79 Å². The van der Waals surface area contributed by atoms with Gasteiger partial charge in [-0.05, 0) is 18.2 Å². The van der Waals surface area contributed by atoms with Crippen molar-refractivity contribution in [3.05, 3.63) is 42.6 Å². The predicted octanol–water partition coefficient (Wildman–Crippen LogP) is 1.44. The summed E-state index contributed by atoms with van der Waals surface area (Å²) in [4.78, 5) is 11.8. The average Bonchev–Trinajstić information content (AvgIpc) is 2.53. The van der Waals surface area contributed by atoms with E-state index >= 15 is 0 Å². The Morgan fingerprint density at radius 1 is 1.27 bits per heavy atom. The molecule has 0 radical (unpaired) electrons. The van der Waals surface area contributed by atoms with Crippen LogP contribution in [0.5, 0.6) is 11.6 Å². The van der Waals surface area contributed by atoms with Gasteiger partial charge in [-0.3, -0.25) is 4.79 Å². The number of nitrogens with one attached hydrogen (secondary N) is 2. The summed E-state index contributed by atoms with van der Waals surface area (Å²) in [7, 11) is 1.62. The lowest BCUT2D eigenvalue weighted by Gasteiger charge is -2.08. The molecule has 2 rings (SSSR count). The molecule has 0 aliphatic heterocycles. The molecule has 1 aromatic heterocycles. The molecule has 0 spiro atoms. The molecule has 7 nitrogen and oxygen atoms in total. The van der Waals surface area contributed by atoms with Gasteiger partial charge in [-0.1, -0.05) is 6.07 Å². The largest absolute Gasteiger partial charge is 0.437 e. The van der Waals surface area contributed by atoms with Crippen molar-refractivity contribution < 1.29 is 14.3 Å². The molecule has 1 heterocycles. The van der Waals surface area contributed by atoms with Gasteiger partial charge in [0, 0.05) is 37.7 Å². The molecule has 0 saturated carbocycles. The fourth-order valence-electron chi connectivity index (χ4n) is 1.68. The maximum Gasteiger partial charge on any atom is 0.238 e. The Hall–Kier alpha value is -2.51. The van der Waals surface area contributed by atoms with Crippen molar-refractivity contribution >= 4 is 11.6 Å². The zero-order valence-corrected chi connectivity index (χ0v) is 12.3. The van der Waals surface area contributed by atoms with Crippen molar-refractivity contribution in [2.75, 3.05) is 32.1 Å². The number of hydrogen-bond acceptors (Lipinski definition) is 6. The minimum absolute atomic E-state index is 0.132. The number of benzene rings is 1. The summed E-state index contributed by atoms with van der Waals surface area (Å²) in [5, 5.41) is 13.3. The second kappa shape index (κ2) is 8.71. The second-order valence-electron chi connectivity index (χ2n) is 4.41. The molecule has 1 amide bonds. The van der Waals surface area contributed by atoms with Crippen molar-refractivity contribution in [1.82, 2.24) is 15.5 Å². The van der Waals surface area contributed by atoms with Gasteiger partial charge in [-0.15, -0.1) is 5.10 Å². The second-order valence-corrected chi connectivity index (χ2v) is 4.41. The van der Waals surface area contributed by atoms with Crippen LogP contribution in [0.3, 0.4) is 0 Å². The van der Waals surface area contributed by atoms with E-state index in [0.29, 0.717) is 30.5 Å². The van der Waals surface area contributed by atoms with Crippen LogP contribution >= 0.6 is 0 Å². The van der Waals surface area contributed by atoms with Gasteiger partial charge < -0.3 is 20.1 Å². The molecule has 2 aromatic rings. The quantitative estimate of drug-likeness (QED) is 0.718. The first kappa shape index (κ1) is 15.9. The molecule has 2 N–H and O–H groups in total. The number of amides is 1. The lowest BCUT2D eigenvalue weighted by molar-refractivity contribution is -0.115. The summed E-state index contributed by atoms with van der Waals surface area (Å²) >= 11 is 0. The van der Waals surface area contributed by atoms with Crippen LogP contribution < -0.4 is 15.4 Å². The van der Waals surface area contributed by atoms with Gasteiger partial charge in [0.1, 0.15) is 5.75 Å². The predicted molar refractivity (Wildman–Crippen MR) is 81.9 cm³/mol. The Morgan fingerprint density at radius 3 is 2.95 bits per heavy atom. The molecule has 0 aliphatic carbocycles. The molecule has 0 unspecified atom stereocenters. The lowest BCUT2D eigenvalue weighted by atomic mass is 10.3. The zero-order valence-electron chi connectivity index (χ0n) is 12.3. The molecule has 116 valence electrons. The Bertz CT molecular complexity index is 592. The van der Waals surface area contributed by atoms with E-state index in [-0.39, 0.29) is 12.5 Å². The topological polar surface area (TPSA) is 85.4 Å². The minimum atomic E-state index is -0.132. The number of anilines is 1. The maximum atomic E-state index is 11.8. The third-order valence-corrected chi connectivity index (χ3v) is 2.66. The van der Waals surface area contributed by atoms with Gasteiger partial charge in [-0.25, -0.2) is 0 Å². The van der Waals surface area contributed by atoms with Crippen LogP contribution in [-0.4, -0.2) is 42.9 Å². The number of ether oxygens (including phenoxy) is 2. The van der Waals surface area contributed by atoms with Gasteiger partial charge in [0.2, 0.25) is 11.8 Å². The molecular formula is C15H18N4O3.